The van der Waals surface area contributed by atoms with Crippen LogP contribution in [0.1, 0.15) is 13.3 Å². The van der Waals surface area contributed by atoms with Crippen molar-refractivity contribution >= 4 is 33.7 Å². The molecule has 1 aliphatic heterocycles. The van der Waals surface area contributed by atoms with E-state index in [1.807, 2.05) is 47.7 Å². The third-order valence-electron chi connectivity index (χ3n) is 4.53. The third kappa shape index (κ3) is 3.97. The molecule has 9 heteroatoms. The first-order chi connectivity index (χ1) is 11.8. The molecule has 0 amide bonds. The number of rotatable bonds is 5. The van der Waals surface area contributed by atoms with Crippen LogP contribution in [-0.4, -0.2) is 52.3 Å². The highest BCUT2D eigenvalue weighted by atomic mass is 35.5. The van der Waals surface area contributed by atoms with Crippen LogP contribution in [-0.2, 0) is 23.1 Å². The first-order valence-electron chi connectivity index (χ1n) is 8.15. The van der Waals surface area contributed by atoms with Gasteiger partial charge in [-0.15, -0.1) is 0 Å². The molecule has 0 saturated carbocycles. The quantitative estimate of drug-likeness (QED) is 0.722. The van der Waals surface area contributed by atoms with Gasteiger partial charge in [-0.2, -0.15) is 5.10 Å². The Morgan fingerprint density at radius 2 is 2.04 bits per heavy atom. The lowest BCUT2D eigenvalue weighted by Crippen LogP contribution is -2.34. The minimum atomic E-state index is -2.91. The summed E-state index contributed by atoms with van der Waals surface area (Å²) in [5.41, 5.74) is 0.946. The highest BCUT2D eigenvalue weighted by Gasteiger charge is 2.31. The third-order valence-corrected chi connectivity index (χ3v) is 6.96. The van der Waals surface area contributed by atoms with Gasteiger partial charge in [-0.05, 0) is 56.9 Å². The molecule has 1 fully saturated rings. The van der Waals surface area contributed by atoms with Crippen LogP contribution in [0.4, 0.5) is 0 Å². The fourth-order valence-corrected chi connectivity index (χ4v) is 5.33. The second-order valence-electron chi connectivity index (χ2n) is 6.31. The lowest BCUT2D eigenvalue weighted by atomic mass is 10.2. The van der Waals surface area contributed by atoms with Crippen molar-refractivity contribution in [2.75, 3.05) is 18.6 Å². The van der Waals surface area contributed by atoms with Gasteiger partial charge in [-0.25, -0.2) is 13.1 Å². The lowest BCUT2D eigenvalue weighted by molar-refractivity contribution is 0.196. The molecule has 1 saturated heterocycles. The summed E-state index contributed by atoms with van der Waals surface area (Å²) in [5, 5.41) is 5.34. The molecule has 1 atom stereocenters. The van der Waals surface area contributed by atoms with Gasteiger partial charge < -0.3 is 4.57 Å². The standard InChI is InChI=1S/C16H21ClN4O2S2/c1-3-20-15(12-4-6-13(17)7-5-12)18-21(16(20)24)11-19(2)14-8-9-25(22,23)10-14/h4-7,14H,3,8-11H2,1-2H3/t14-/m0/s1. The van der Waals surface area contributed by atoms with E-state index in [-0.39, 0.29) is 17.5 Å². The second-order valence-corrected chi connectivity index (χ2v) is 9.34. The highest BCUT2D eigenvalue weighted by molar-refractivity contribution is 7.91. The summed E-state index contributed by atoms with van der Waals surface area (Å²) in [5.74, 6) is 1.25. The normalized spacial score (nSPS) is 19.6. The summed E-state index contributed by atoms with van der Waals surface area (Å²) < 4.78 is 27.7. The Hall–Kier alpha value is -1.22. The van der Waals surface area contributed by atoms with Crippen LogP contribution in [0.3, 0.4) is 0 Å². The van der Waals surface area contributed by atoms with Gasteiger partial charge in [-0.1, -0.05) is 11.6 Å². The Morgan fingerprint density at radius 1 is 1.36 bits per heavy atom. The summed E-state index contributed by atoms with van der Waals surface area (Å²) in [4.78, 5) is 2.01. The van der Waals surface area contributed by atoms with Crippen LogP contribution in [0.5, 0.6) is 0 Å². The van der Waals surface area contributed by atoms with E-state index in [0.29, 0.717) is 29.4 Å². The SMILES string of the molecule is CCn1c(-c2ccc(Cl)cc2)nn(CN(C)[C@H]2CCS(=O)(=O)C2)c1=S. The van der Waals surface area contributed by atoms with Crippen LogP contribution in [0.25, 0.3) is 11.4 Å². The molecule has 1 aromatic carbocycles. The van der Waals surface area contributed by atoms with E-state index < -0.39 is 9.84 Å². The molecular weight excluding hydrogens is 380 g/mol. The molecule has 1 aromatic heterocycles. The minimum absolute atomic E-state index is 0.0117. The van der Waals surface area contributed by atoms with Crippen LogP contribution in [0.2, 0.25) is 5.02 Å². The number of sulfone groups is 1. The van der Waals surface area contributed by atoms with Crippen LogP contribution in [0.15, 0.2) is 24.3 Å². The predicted octanol–water partition coefficient (Wildman–Crippen LogP) is 2.83. The lowest BCUT2D eigenvalue weighted by Gasteiger charge is -2.22. The van der Waals surface area contributed by atoms with E-state index >= 15 is 0 Å². The highest BCUT2D eigenvalue weighted by Crippen LogP contribution is 2.22. The van der Waals surface area contributed by atoms with Gasteiger partial charge >= 0.3 is 0 Å². The topological polar surface area (TPSA) is 60.1 Å². The van der Waals surface area contributed by atoms with Gasteiger partial charge in [0.1, 0.15) is 0 Å². The molecule has 0 bridgehead atoms. The Balaban J connectivity index is 1.87. The molecule has 0 N–H and O–H groups in total. The molecule has 6 nitrogen and oxygen atoms in total. The molecule has 25 heavy (non-hydrogen) atoms. The fourth-order valence-electron chi connectivity index (χ4n) is 3.08. The molecule has 0 radical (unpaired) electrons. The van der Waals surface area contributed by atoms with Crippen molar-refractivity contribution in [1.29, 1.82) is 0 Å². The van der Waals surface area contributed by atoms with E-state index in [9.17, 15) is 8.42 Å². The van der Waals surface area contributed by atoms with Gasteiger partial charge in [0.05, 0.1) is 18.2 Å². The van der Waals surface area contributed by atoms with Crippen LogP contribution in [0, 0.1) is 4.77 Å². The molecule has 136 valence electrons. The molecular formula is C16H21ClN4O2S2. The smallest absolute Gasteiger partial charge is 0.199 e. The molecule has 0 unspecified atom stereocenters. The largest absolute Gasteiger partial charge is 0.300 e. The van der Waals surface area contributed by atoms with E-state index in [2.05, 4.69) is 5.10 Å². The molecule has 1 aliphatic rings. The predicted molar refractivity (Wildman–Crippen MR) is 102 cm³/mol. The molecule has 0 aliphatic carbocycles. The molecule has 3 rings (SSSR count). The summed E-state index contributed by atoms with van der Waals surface area (Å²) in [6, 6.07) is 7.51. The Morgan fingerprint density at radius 3 is 2.60 bits per heavy atom. The Kier molecular flexibility index (Phi) is 5.34. The monoisotopic (exact) mass is 400 g/mol. The average molecular weight is 401 g/mol. The maximum atomic E-state index is 11.7. The summed E-state index contributed by atoms with van der Waals surface area (Å²) in [6.07, 6.45) is 0.657. The van der Waals surface area contributed by atoms with Crippen molar-refractivity contribution in [2.24, 2.45) is 0 Å². The molecule has 2 heterocycles. The number of aromatic nitrogens is 3. The van der Waals surface area contributed by atoms with Crippen molar-refractivity contribution in [1.82, 2.24) is 19.2 Å². The zero-order chi connectivity index (χ0) is 18.2. The van der Waals surface area contributed by atoms with E-state index in [4.69, 9.17) is 23.8 Å². The van der Waals surface area contributed by atoms with Crippen LogP contribution >= 0.6 is 23.8 Å². The minimum Gasteiger partial charge on any atom is -0.300 e. The molecule has 0 spiro atoms. The van der Waals surface area contributed by atoms with E-state index in [0.717, 1.165) is 11.4 Å². The number of halogens is 1. The first kappa shape index (κ1) is 18.6. The maximum Gasteiger partial charge on any atom is 0.199 e. The Bertz CT molecular complexity index is 919. The van der Waals surface area contributed by atoms with Gasteiger partial charge in [0.15, 0.2) is 20.4 Å². The number of hydrogen-bond donors (Lipinski definition) is 0. The van der Waals surface area contributed by atoms with Crippen molar-refractivity contribution < 1.29 is 8.42 Å². The zero-order valence-electron chi connectivity index (χ0n) is 14.2. The van der Waals surface area contributed by atoms with Gasteiger partial charge in [-0.3, -0.25) is 4.90 Å². The van der Waals surface area contributed by atoms with Gasteiger partial charge in [0.2, 0.25) is 0 Å². The maximum absolute atomic E-state index is 11.7. The van der Waals surface area contributed by atoms with Crippen LogP contribution < -0.4 is 0 Å². The van der Waals surface area contributed by atoms with Crippen molar-refractivity contribution in [3.63, 3.8) is 0 Å². The summed E-state index contributed by atoms with van der Waals surface area (Å²) in [7, 11) is -0.996. The van der Waals surface area contributed by atoms with Gasteiger partial charge in [0.25, 0.3) is 0 Å². The fraction of sp³-hybridized carbons (Fsp3) is 0.500. The zero-order valence-corrected chi connectivity index (χ0v) is 16.6. The molecule has 2 aromatic rings. The van der Waals surface area contributed by atoms with Crippen molar-refractivity contribution in [3.05, 3.63) is 34.1 Å². The number of nitrogens with zero attached hydrogens (tertiary/aromatic N) is 4. The number of hydrogen-bond acceptors (Lipinski definition) is 5. The Labute approximate surface area is 157 Å². The number of benzene rings is 1. The van der Waals surface area contributed by atoms with Crippen molar-refractivity contribution in [3.8, 4) is 11.4 Å². The van der Waals surface area contributed by atoms with Crippen molar-refractivity contribution in [2.45, 2.75) is 32.6 Å². The average Bonchev–Trinajstić information content (AvgIpc) is 3.08. The second kappa shape index (κ2) is 7.19. The van der Waals surface area contributed by atoms with E-state index in [1.165, 1.54) is 0 Å². The van der Waals surface area contributed by atoms with E-state index in [1.54, 1.807) is 4.68 Å². The first-order valence-corrected chi connectivity index (χ1v) is 10.8. The summed E-state index contributed by atoms with van der Waals surface area (Å²) in [6.45, 7) is 3.19. The van der Waals surface area contributed by atoms with Gasteiger partial charge in [0, 0.05) is 23.2 Å². The summed E-state index contributed by atoms with van der Waals surface area (Å²) >= 11 is 11.5.